The molecule has 0 fully saturated rings. The molecule has 1 unspecified atom stereocenters. The summed E-state index contributed by atoms with van der Waals surface area (Å²) in [5.41, 5.74) is 4.34. The second-order valence-electron chi connectivity index (χ2n) is 3.76. The van der Waals surface area contributed by atoms with Crippen molar-refractivity contribution >= 4 is 58.2 Å². The van der Waals surface area contributed by atoms with Crippen molar-refractivity contribution in [1.82, 2.24) is 4.90 Å². The van der Waals surface area contributed by atoms with Crippen molar-refractivity contribution < 1.29 is 14.5 Å². The number of thiocarbonyl (C=S) groups is 1. The Morgan fingerprint density at radius 2 is 2.19 bits per heavy atom. The van der Waals surface area contributed by atoms with Crippen LogP contribution in [-0.4, -0.2) is 40.9 Å². The smallest absolute Gasteiger partial charge is 0.273 e. The van der Waals surface area contributed by atoms with E-state index in [2.05, 4.69) is 18.4 Å². The van der Waals surface area contributed by atoms with Gasteiger partial charge in [-0.2, -0.15) is 0 Å². The minimum atomic E-state index is -0.697. The van der Waals surface area contributed by atoms with Crippen LogP contribution in [0.25, 0.3) is 0 Å². The molecule has 118 valence electrons. The predicted octanol–water partition coefficient (Wildman–Crippen LogP) is 2.58. The third-order valence-electron chi connectivity index (χ3n) is 1.83. The summed E-state index contributed by atoms with van der Waals surface area (Å²) in [6, 6.07) is 3.38. The largest absolute Gasteiger partial charge is 0.455 e. The highest BCUT2D eigenvalue weighted by Crippen LogP contribution is 2.29. The Hall–Kier alpha value is -1.10. The molecule has 21 heavy (non-hydrogen) atoms. The van der Waals surface area contributed by atoms with Crippen LogP contribution >= 0.6 is 47.8 Å². The van der Waals surface area contributed by atoms with Crippen LogP contribution in [0.2, 0.25) is 4.34 Å². The van der Waals surface area contributed by atoms with E-state index >= 15 is 0 Å². The lowest BCUT2D eigenvalue weighted by atomic mass is 10.3. The van der Waals surface area contributed by atoms with Crippen LogP contribution < -0.4 is 5.73 Å². The van der Waals surface area contributed by atoms with Gasteiger partial charge in [0.1, 0.15) is 0 Å². The number of thiophene rings is 1. The molecule has 1 aromatic heterocycles. The molecule has 0 aromatic carbocycles. The molecule has 1 atom stereocenters. The zero-order chi connectivity index (χ0) is 16.6. The van der Waals surface area contributed by atoms with E-state index in [1.165, 1.54) is 11.3 Å². The van der Waals surface area contributed by atoms with E-state index < -0.39 is 16.3 Å². The maximum absolute atomic E-state index is 10.6. The monoisotopic (exact) mass is 371 g/mol. The number of rotatable bonds is 4. The summed E-state index contributed by atoms with van der Waals surface area (Å²) in [5, 5.41) is 10.2. The molecule has 1 amide bonds. The maximum atomic E-state index is 10.6. The quantitative estimate of drug-likeness (QED) is 0.365. The van der Waals surface area contributed by atoms with Crippen molar-refractivity contribution in [3.05, 3.63) is 31.5 Å². The first-order chi connectivity index (χ1) is 9.63. The van der Waals surface area contributed by atoms with Gasteiger partial charge in [-0.05, 0) is 24.4 Å². The number of thiol groups is 1. The van der Waals surface area contributed by atoms with Crippen LogP contribution in [0.4, 0.5) is 4.79 Å². The van der Waals surface area contributed by atoms with Gasteiger partial charge in [0.25, 0.3) is 10.4 Å². The topological polar surface area (TPSA) is 98.7 Å². The summed E-state index contributed by atoms with van der Waals surface area (Å²) in [6.45, 7) is -0.342. The van der Waals surface area contributed by atoms with Crippen LogP contribution in [0.15, 0.2) is 12.1 Å². The van der Waals surface area contributed by atoms with Crippen molar-refractivity contribution in [2.24, 2.45) is 5.73 Å². The van der Waals surface area contributed by atoms with E-state index in [-0.39, 0.29) is 11.7 Å². The molecule has 0 spiro atoms. The summed E-state index contributed by atoms with van der Waals surface area (Å²) < 4.78 is 5.95. The molecule has 0 saturated carbocycles. The highest BCUT2D eigenvalue weighted by Gasteiger charge is 2.23. The number of carbonyl (C=O) groups excluding carboxylic acids is 1. The molecule has 11 heteroatoms. The Bertz CT molecular complexity index is 505. The Morgan fingerprint density at radius 3 is 2.52 bits per heavy atom. The molecule has 0 radical (unpaired) electrons. The van der Waals surface area contributed by atoms with Gasteiger partial charge >= 0.3 is 0 Å². The number of nitrogens with zero attached hydrogens (tertiary/aromatic N) is 2. The average molecular weight is 372 g/mol. The van der Waals surface area contributed by atoms with Crippen LogP contribution in [-0.2, 0) is 4.74 Å². The molecule has 2 N–H and O–H groups in total. The van der Waals surface area contributed by atoms with E-state index in [0.717, 1.165) is 0 Å². The number of hydrogen-bond acceptors (Lipinski definition) is 6. The fraction of sp³-hybridized carbons (Fsp3) is 0.400. The summed E-state index contributed by atoms with van der Waals surface area (Å²) >= 11 is 15.1. The summed E-state index contributed by atoms with van der Waals surface area (Å²) in [5.74, 6) is 0. The number of halogens is 1. The van der Waals surface area contributed by atoms with Crippen molar-refractivity contribution in [2.45, 2.75) is 6.10 Å². The highest BCUT2D eigenvalue weighted by molar-refractivity contribution is 7.96. The molecule has 1 heterocycles. The third-order valence-corrected chi connectivity index (χ3v) is 3.62. The minimum absolute atomic E-state index is 0.210. The van der Waals surface area contributed by atoms with Gasteiger partial charge in [0.05, 0.1) is 9.21 Å². The minimum Gasteiger partial charge on any atom is -0.455 e. The van der Waals surface area contributed by atoms with Crippen molar-refractivity contribution in [3.63, 3.8) is 0 Å². The number of carbonyl (C=O) groups is 1. The van der Waals surface area contributed by atoms with Gasteiger partial charge < -0.3 is 15.4 Å². The fourth-order valence-corrected chi connectivity index (χ4v) is 2.25. The molecular weight excluding hydrogens is 358 g/mol. The Morgan fingerprint density at radius 1 is 1.67 bits per heavy atom. The van der Waals surface area contributed by atoms with E-state index in [1.807, 2.05) is 0 Å². The number of nitrogens with two attached hydrogens (primary N) is 1. The number of amides is 1. The zero-order valence-electron chi connectivity index (χ0n) is 11.2. The summed E-state index contributed by atoms with van der Waals surface area (Å²) in [7, 11) is 3.43. The SMILES string of the molecule is CN(C)C(=S)OC(C[N+](=O)[O-])c1ccc(Cl)s1.NC(=O)S. The highest BCUT2D eigenvalue weighted by atomic mass is 35.5. The van der Waals surface area contributed by atoms with E-state index in [1.54, 1.807) is 31.1 Å². The van der Waals surface area contributed by atoms with Gasteiger partial charge in [0.2, 0.25) is 6.54 Å². The fourth-order valence-electron chi connectivity index (χ4n) is 1.05. The lowest BCUT2D eigenvalue weighted by Crippen LogP contribution is -2.27. The Kier molecular flexibility index (Phi) is 9.26. The standard InChI is InChI=1S/C9H11ClN2O3S2.CH3NOS/c1-11(2)9(16)15-6(5-12(13)14)7-3-4-8(10)17-7;2-1(3)4/h3-4,6H,5H2,1-2H3;(H3,2,3,4). The second-order valence-corrected chi connectivity index (χ2v) is 6.30. The van der Waals surface area contributed by atoms with Gasteiger partial charge in [-0.25, -0.2) is 0 Å². The number of ether oxygens (including phenoxy) is 1. The van der Waals surface area contributed by atoms with Crippen LogP contribution in [0.5, 0.6) is 0 Å². The van der Waals surface area contributed by atoms with Crippen LogP contribution in [0.1, 0.15) is 11.0 Å². The summed E-state index contributed by atoms with van der Waals surface area (Å²) in [4.78, 5) is 21.5. The van der Waals surface area contributed by atoms with Gasteiger partial charge in [0.15, 0.2) is 6.10 Å². The molecule has 7 nitrogen and oxygen atoms in total. The number of nitro groups is 1. The molecule has 0 aliphatic heterocycles. The first-order valence-electron chi connectivity index (χ1n) is 5.36. The van der Waals surface area contributed by atoms with Gasteiger partial charge in [0, 0.05) is 19.0 Å². The molecule has 0 bridgehead atoms. The molecule has 0 aliphatic rings. The van der Waals surface area contributed by atoms with Crippen LogP contribution in [0.3, 0.4) is 0 Å². The van der Waals surface area contributed by atoms with Gasteiger partial charge in [-0.1, -0.05) is 24.2 Å². The molecule has 1 aromatic rings. The molecule has 0 aliphatic carbocycles. The van der Waals surface area contributed by atoms with E-state index in [4.69, 9.17) is 33.4 Å². The van der Waals surface area contributed by atoms with Crippen molar-refractivity contribution in [2.75, 3.05) is 20.6 Å². The normalized spacial score (nSPS) is 10.9. The Labute approximate surface area is 141 Å². The van der Waals surface area contributed by atoms with Crippen LogP contribution in [0, 0.1) is 10.1 Å². The number of primary amides is 1. The molecule has 1 rings (SSSR count). The van der Waals surface area contributed by atoms with E-state index in [0.29, 0.717) is 9.21 Å². The Balaban J connectivity index is 0.000000885. The first kappa shape index (κ1) is 19.9. The number of hydrogen-bond donors (Lipinski definition) is 2. The lowest BCUT2D eigenvalue weighted by molar-refractivity contribution is -0.490. The molecule has 0 saturated heterocycles. The third kappa shape index (κ3) is 9.45. The van der Waals surface area contributed by atoms with Crippen molar-refractivity contribution in [1.29, 1.82) is 0 Å². The van der Waals surface area contributed by atoms with Gasteiger partial charge in [-0.15, -0.1) is 11.3 Å². The molecular formula is C10H14ClN3O4S3. The summed E-state index contributed by atoms with van der Waals surface area (Å²) in [6.07, 6.45) is -0.697. The first-order valence-corrected chi connectivity index (χ1v) is 7.41. The zero-order valence-corrected chi connectivity index (χ0v) is 14.5. The average Bonchev–Trinajstić information content (AvgIpc) is 2.73. The lowest BCUT2D eigenvalue weighted by Gasteiger charge is -2.19. The predicted molar refractivity (Wildman–Crippen MR) is 89.9 cm³/mol. The van der Waals surface area contributed by atoms with E-state index in [9.17, 15) is 10.1 Å². The maximum Gasteiger partial charge on any atom is 0.273 e. The van der Waals surface area contributed by atoms with Crippen molar-refractivity contribution in [3.8, 4) is 0 Å². The van der Waals surface area contributed by atoms with Gasteiger partial charge in [-0.3, -0.25) is 14.9 Å². The second kappa shape index (κ2) is 9.77.